The van der Waals surface area contributed by atoms with E-state index in [2.05, 4.69) is 19.8 Å². The van der Waals surface area contributed by atoms with Crippen LogP contribution in [0.1, 0.15) is 37.2 Å². The first-order valence-corrected chi connectivity index (χ1v) is 10.7. The number of halogens is 2. The molecule has 3 aromatic rings. The molecule has 1 saturated carbocycles. The Morgan fingerprint density at radius 2 is 1.83 bits per heavy atom. The third kappa shape index (κ3) is 4.01. The number of pyridine rings is 1. The molecule has 184 valence electrons. The first-order valence-electron chi connectivity index (χ1n) is 10.7. The van der Waals surface area contributed by atoms with Gasteiger partial charge in [0, 0.05) is 8.42 Å². The maximum atomic E-state index is 13.4. The van der Waals surface area contributed by atoms with Crippen LogP contribution in [0.4, 0.5) is 14.6 Å². The van der Waals surface area contributed by atoms with Crippen LogP contribution in [0.25, 0.3) is 11.3 Å². The van der Waals surface area contributed by atoms with Crippen molar-refractivity contribution in [2.45, 2.75) is 31.5 Å². The first-order chi connectivity index (χ1) is 16.6. The highest BCUT2D eigenvalue weighted by atomic mass is 19.3. The highest BCUT2D eigenvalue weighted by molar-refractivity contribution is 6.01. The van der Waals surface area contributed by atoms with Gasteiger partial charge in [0.05, 0.1) is 18.2 Å². The SMILES string of the molecule is COc1cc(-c2nc(NC(=O)C3(c4ccc5c(c4)OC(F)(F)O5)CC3)ccc2C)ccc1C(=O)O.[HH].[HH]. The number of amides is 1. The molecule has 2 aromatic carbocycles. The summed E-state index contributed by atoms with van der Waals surface area (Å²) in [5, 5.41) is 12.1. The summed E-state index contributed by atoms with van der Waals surface area (Å²) in [5.74, 6) is -1.12. The van der Waals surface area contributed by atoms with Gasteiger partial charge in [-0.1, -0.05) is 18.2 Å². The van der Waals surface area contributed by atoms with Crippen LogP contribution in [0.2, 0.25) is 0 Å². The van der Waals surface area contributed by atoms with Crippen molar-refractivity contribution in [2.75, 3.05) is 12.4 Å². The van der Waals surface area contributed by atoms with Gasteiger partial charge in [-0.2, -0.15) is 0 Å². The predicted octanol–water partition coefficient (Wildman–Crippen LogP) is 5.25. The van der Waals surface area contributed by atoms with E-state index >= 15 is 0 Å². The minimum atomic E-state index is -3.73. The zero-order chi connectivity index (χ0) is 25.0. The number of ether oxygens (including phenoxy) is 3. The normalized spacial score (nSPS) is 16.5. The number of hydrogen-bond donors (Lipinski definition) is 2. The second-order valence-corrected chi connectivity index (χ2v) is 8.45. The van der Waals surface area contributed by atoms with Crippen LogP contribution in [0.3, 0.4) is 0 Å². The summed E-state index contributed by atoms with van der Waals surface area (Å²) in [6, 6.07) is 12.5. The van der Waals surface area contributed by atoms with E-state index in [0.717, 1.165) is 5.56 Å². The van der Waals surface area contributed by atoms with Crippen molar-refractivity contribution in [1.29, 1.82) is 0 Å². The number of aryl methyl sites for hydroxylation is 1. The Kier molecular flexibility index (Phi) is 5.12. The van der Waals surface area contributed by atoms with Gasteiger partial charge in [0.15, 0.2) is 11.5 Å². The molecule has 0 saturated heterocycles. The zero-order valence-electron chi connectivity index (χ0n) is 18.7. The lowest BCUT2D eigenvalue weighted by atomic mass is 9.94. The van der Waals surface area contributed by atoms with E-state index in [4.69, 9.17) is 4.74 Å². The summed E-state index contributed by atoms with van der Waals surface area (Å²) in [6.45, 7) is 1.84. The number of carboxylic acids is 1. The number of fused-ring (bicyclic) bond motifs is 1. The zero-order valence-corrected chi connectivity index (χ0v) is 18.7. The topological polar surface area (TPSA) is 107 Å². The van der Waals surface area contributed by atoms with Crippen LogP contribution in [-0.2, 0) is 10.2 Å². The Hall–Kier alpha value is -4.21. The lowest BCUT2D eigenvalue weighted by molar-refractivity contribution is -0.286. The van der Waals surface area contributed by atoms with Gasteiger partial charge >= 0.3 is 12.3 Å². The highest BCUT2D eigenvalue weighted by Crippen LogP contribution is 2.52. The molecule has 2 N–H and O–H groups in total. The molecule has 5 rings (SSSR count). The van der Waals surface area contributed by atoms with E-state index in [-0.39, 0.29) is 31.6 Å². The number of aromatic nitrogens is 1. The molecule has 2 aliphatic rings. The number of alkyl halides is 2. The largest absolute Gasteiger partial charge is 0.586 e. The number of carbonyl (C=O) groups is 2. The first kappa shape index (κ1) is 22.6. The number of aromatic carboxylic acids is 1. The van der Waals surface area contributed by atoms with Gasteiger partial charge in [-0.3, -0.25) is 4.79 Å². The molecule has 0 bridgehead atoms. The molecule has 2 heterocycles. The molecular formula is C25H24F2N2O6. The van der Waals surface area contributed by atoms with Crippen molar-refractivity contribution in [2.24, 2.45) is 0 Å². The maximum Gasteiger partial charge on any atom is 0.586 e. The van der Waals surface area contributed by atoms with Crippen molar-refractivity contribution in [1.82, 2.24) is 4.98 Å². The van der Waals surface area contributed by atoms with Crippen molar-refractivity contribution < 1.29 is 40.5 Å². The Labute approximate surface area is 201 Å². The Bertz CT molecular complexity index is 1380. The van der Waals surface area contributed by atoms with Gasteiger partial charge in [-0.25, -0.2) is 9.78 Å². The van der Waals surface area contributed by atoms with Gasteiger partial charge < -0.3 is 24.6 Å². The Balaban J connectivity index is 0.00000190. The van der Waals surface area contributed by atoms with Gasteiger partial charge in [0.2, 0.25) is 5.91 Å². The number of hydrogen-bond acceptors (Lipinski definition) is 6. The molecule has 1 aromatic heterocycles. The highest BCUT2D eigenvalue weighted by Gasteiger charge is 2.53. The lowest BCUT2D eigenvalue weighted by Gasteiger charge is -2.17. The van der Waals surface area contributed by atoms with Crippen LogP contribution in [-0.4, -0.2) is 35.4 Å². The molecule has 1 aliphatic heterocycles. The van der Waals surface area contributed by atoms with Crippen LogP contribution in [0.5, 0.6) is 17.2 Å². The van der Waals surface area contributed by atoms with E-state index in [1.54, 1.807) is 30.3 Å². The van der Waals surface area contributed by atoms with Crippen molar-refractivity contribution in [3.63, 3.8) is 0 Å². The molecule has 0 atom stereocenters. The Morgan fingerprint density at radius 3 is 2.51 bits per heavy atom. The summed E-state index contributed by atoms with van der Waals surface area (Å²) < 4.78 is 40.9. The average Bonchev–Trinajstić information content (AvgIpc) is 3.56. The van der Waals surface area contributed by atoms with Crippen LogP contribution >= 0.6 is 0 Å². The fourth-order valence-electron chi connectivity index (χ4n) is 4.16. The average molecular weight is 486 g/mol. The smallest absolute Gasteiger partial charge is 0.496 e. The molecule has 35 heavy (non-hydrogen) atoms. The number of rotatable bonds is 6. The number of carboxylic acid groups (broad SMARTS) is 1. The van der Waals surface area contributed by atoms with E-state index in [9.17, 15) is 23.5 Å². The van der Waals surface area contributed by atoms with E-state index in [1.807, 2.05) is 6.92 Å². The summed E-state index contributed by atoms with van der Waals surface area (Å²) in [4.78, 5) is 29.2. The van der Waals surface area contributed by atoms with Gasteiger partial charge in [0.25, 0.3) is 0 Å². The van der Waals surface area contributed by atoms with E-state index in [1.165, 1.54) is 25.3 Å². The number of anilines is 1. The Morgan fingerprint density at radius 1 is 1.09 bits per heavy atom. The fraction of sp³-hybridized carbons (Fsp3) is 0.240. The van der Waals surface area contributed by atoms with E-state index < -0.39 is 17.7 Å². The quantitative estimate of drug-likeness (QED) is 0.490. The number of nitrogens with zero attached hydrogens (tertiary/aromatic N) is 1. The summed E-state index contributed by atoms with van der Waals surface area (Å²) >= 11 is 0. The summed E-state index contributed by atoms with van der Waals surface area (Å²) in [5.41, 5.74) is 1.68. The number of carbonyl (C=O) groups excluding carboxylic acids is 1. The standard InChI is InChI=1S/C25H20F2N2O6.2H2/c1-13-3-8-20(28-21(13)14-4-6-16(22(30)31)18(11-14)33-2)29-23(32)24(9-10-24)15-5-7-17-19(12-15)35-25(26,27)34-17;;/h3-8,11-12H,9-10H2,1-2H3,(H,30,31)(H,28,29,32);2*1H. The minimum Gasteiger partial charge on any atom is -0.496 e. The van der Waals surface area contributed by atoms with E-state index in [0.29, 0.717) is 35.5 Å². The molecule has 1 aliphatic carbocycles. The summed E-state index contributed by atoms with van der Waals surface area (Å²) in [6.07, 6.45) is -2.64. The lowest BCUT2D eigenvalue weighted by Crippen LogP contribution is -2.28. The van der Waals surface area contributed by atoms with Crippen molar-refractivity contribution in [3.05, 3.63) is 65.2 Å². The molecule has 8 nitrogen and oxygen atoms in total. The maximum absolute atomic E-state index is 13.4. The van der Waals surface area contributed by atoms with Crippen LogP contribution < -0.4 is 19.5 Å². The monoisotopic (exact) mass is 486 g/mol. The second-order valence-electron chi connectivity index (χ2n) is 8.45. The molecule has 10 heteroatoms. The third-order valence-corrected chi connectivity index (χ3v) is 6.18. The predicted molar refractivity (Wildman–Crippen MR) is 124 cm³/mol. The molecule has 0 spiro atoms. The number of benzene rings is 2. The summed E-state index contributed by atoms with van der Waals surface area (Å²) in [7, 11) is 1.38. The third-order valence-electron chi connectivity index (χ3n) is 6.18. The van der Waals surface area contributed by atoms with Crippen LogP contribution in [0.15, 0.2) is 48.5 Å². The molecule has 0 radical (unpaired) electrons. The second kappa shape index (κ2) is 7.93. The minimum absolute atomic E-state index is 0. The van der Waals surface area contributed by atoms with Gasteiger partial charge in [-0.05, 0) is 61.2 Å². The number of methoxy groups -OCH3 is 1. The molecule has 1 fully saturated rings. The number of nitrogens with one attached hydrogen (secondary N) is 1. The van der Waals surface area contributed by atoms with Gasteiger partial charge in [-0.15, -0.1) is 8.78 Å². The van der Waals surface area contributed by atoms with Crippen LogP contribution in [0, 0.1) is 6.92 Å². The van der Waals surface area contributed by atoms with Crippen molar-refractivity contribution in [3.8, 4) is 28.5 Å². The van der Waals surface area contributed by atoms with Crippen molar-refractivity contribution >= 4 is 17.7 Å². The molecule has 0 unspecified atom stereocenters. The molecule has 1 amide bonds. The van der Waals surface area contributed by atoms with Gasteiger partial charge in [0.1, 0.15) is 17.1 Å². The fourth-order valence-corrected chi connectivity index (χ4v) is 4.16. The molecular weight excluding hydrogens is 462 g/mol.